The Hall–Kier alpha value is -6.30. The number of halogens is 5. The lowest BCUT2D eigenvalue weighted by Crippen LogP contribution is -3.00. The summed E-state index contributed by atoms with van der Waals surface area (Å²) in [6.45, 7) is 4.28. The van der Waals surface area contributed by atoms with Crippen LogP contribution in [-0.2, 0) is 44.5 Å². The Balaban J connectivity index is 0.000000290. The van der Waals surface area contributed by atoms with Crippen LogP contribution in [0.2, 0.25) is 0 Å². The Morgan fingerprint density at radius 3 is 1.16 bits per heavy atom. The second-order valence-corrected chi connectivity index (χ2v) is 29.2. The first-order chi connectivity index (χ1) is 42.4. The number of hydrogen-bond donors (Lipinski definition) is 6. The Bertz CT molecular complexity index is 3920. The molecule has 92 heavy (non-hydrogen) atoms. The second-order valence-electron chi connectivity index (χ2n) is 22.5. The van der Waals surface area contributed by atoms with E-state index in [0.29, 0.717) is 58.9 Å². The standard InChI is InChI=1S/C23H26N2O4S.C22H28N2O4S.C21H24BrFN2O4S.3ClH/c1-3-17-13-14-19-21(16-17)30(28,29)25(2)20-11-8-7-10-18(20)23(19)24-15-9-5-4-6-12-22(26)27;1-16-12-13-18-20(15-16)29(27,28)24(2)19-10-7-6-9-17(19)22(18)23-14-8-4-3-5-11-21(25)26;1-25-18-9-6-5-8-14(18)21(24-11-7-3-2-4-10-20(26)27)15-12-17(23)16(22)13-19(15)30(25,28)29;;;/h1,7-8,10-11,13-14,16,23-24H,4-6,9,12,15H2,2H3,(H,26,27);6-7,9-10,12-13,15,22-23H,3-5,8,11,14H2,1-2H3,(H,25,26);5-6,8-9,12-13,21,24H,2-4,7,10-11H2,1H3,(H,26,27);3*1H. The molecule has 0 bridgehead atoms. The summed E-state index contributed by atoms with van der Waals surface area (Å²) in [6.07, 6.45) is 16.3. The van der Waals surface area contributed by atoms with Gasteiger partial charge in [0.2, 0.25) is 0 Å². The van der Waals surface area contributed by atoms with Crippen molar-refractivity contribution in [2.75, 3.05) is 53.7 Å². The third-order valence-corrected chi connectivity index (χ3v) is 22.5. The van der Waals surface area contributed by atoms with Gasteiger partial charge in [-0.15, -0.1) is 6.42 Å². The number of nitrogens with zero attached hydrogens (tertiary/aromatic N) is 3. The number of para-hydroxylation sites is 3. The number of aliphatic carboxylic acids is 3. The molecule has 18 nitrogen and oxygen atoms in total. The molecule has 0 aromatic heterocycles. The van der Waals surface area contributed by atoms with Gasteiger partial charge in [0.15, 0.2) is 0 Å². The van der Waals surface area contributed by atoms with Crippen molar-refractivity contribution in [1.29, 1.82) is 0 Å². The Morgan fingerprint density at radius 2 is 0.793 bits per heavy atom. The Labute approximate surface area is 567 Å². The van der Waals surface area contributed by atoms with Crippen molar-refractivity contribution < 1.29 is 113 Å². The van der Waals surface area contributed by atoms with Crippen LogP contribution >= 0.6 is 15.9 Å². The van der Waals surface area contributed by atoms with Crippen LogP contribution in [0.1, 0.15) is 159 Å². The highest BCUT2D eigenvalue weighted by atomic mass is 79.9. The second kappa shape index (κ2) is 35.8. The number of benzene rings is 6. The van der Waals surface area contributed by atoms with E-state index in [1.54, 1.807) is 44.4 Å². The number of unbranched alkanes of at least 4 members (excludes halogenated alkanes) is 9. The minimum absolute atomic E-state index is 0. The summed E-state index contributed by atoms with van der Waals surface area (Å²) < 4.78 is 98.0. The summed E-state index contributed by atoms with van der Waals surface area (Å²) in [5, 5.41) is 32.6. The van der Waals surface area contributed by atoms with Crippen molar-refractivity contribution in [2.45, 2.75) is 136 Å². The van der Waals surface area contributed by atoms with Gasteiger partial charge in [-0.25, -0.2) is 29.6 Å². The van der Waals surface area contributed by atoms with Crippen LogP contribution in [0.15, 0.2) is 140 Å². The maximum absolute atomic E-state index is 14.4. The summed E-state index contributed by atoms with van der Waals surface area (Å²) in [7, 11) is -6.47. The molecule has 9 rings (SSSR count). The van der Waals surface area contributed by atoms with E-state index in [9.17, 15) is 44.0 Å². The molecule has 0 saturated carbocycles. The van der Waals surface area contributed by atoms with Crippen LogP contribution in [0.25, 0.3) is 0 Å². The number of aryl methyl sites for hydroxylation is 1. The van der Waals surface area contributed by atoms with E-state index in [-0.39, 0.29) is 88.9 Å². The van der Waals surface area contributed by atoms with Crippen LogP contribution in [-0.4, -0.2) is 99.3 Å². The van der Waals surface area contributed by atoms with Crippen molar-refractivity contribution in [3.05, 3.63) is 176 Å². The zero-order chi connectivity index (χ0) is 64.6. The van der Waals surface area contributed by atoms with Gasteiger partial charge in [-0.2, -0.15) is 0 Å². The normalized spacial score (nSPS) is 16.5. The minimum atomic E-state index is -3.83. The van der Waals surface area contributed by atoms with Gasteiger partial charge >= 0.3 is 17.9 Å². The summed E-state index contributed by atoms with van der Waals surface area (Å²) in [5.41, 5.74) is 8.14. The average Bonchev–Trinajstić information content (AvgIpc) is 1.61. The van der Waals surface area contributed by atoms with Crippen molar-refractivity contribution in [1.82, 2.24) is 0 Å². The molecule has 0 radical (unpaired) electrons. The monoisotopic (exact) mass is 1450 g/mol. The number of carboxylic acid groups (broad SMARTS) is 3. The first-order valence-electron chi connectivity index (χ1n) is 30.0. The van der Waals surface area contributed by atoms with Gasteiger partial charge in [0, 0.05) is 79.3 Å². The molecule has 0 spiro atoms. The quantitative estimate of drug-likeness (QED) is 0.0338. The molecule has 3 atom stereocenters. The molecule has 3 aliphatic heterocycles. The van der Waals surface area contributed by atoms with Crippen molar-refractivity contribution in [3.8, 4) is 12.3 Å². The van der Waals surface area contributed by atoms with Gasteiger partial charge in [-0.3, -0.25) is 27.3 Å². The fourth-order valence-electron chi connectivity index (χ4n) is 11.6. The van der Waals surface area contributed by atoms with E-state index >= 15 is 0 Å². The van der Waals surface area contributed by atoms with Crippen molar-refractivity contribution in [3.63, 3.8) is 0 Å². The lowest BCUT2D eigenvalue weighted by atomic mass is 9.96. The number of quaternary nitrogens is 3. The summed E-state index contributed by atoms with van der Waals surface area (Å²) in [4.78, 5) is 32.5. The molecule has 26 heteroatoms. The number of rotatable bonds is 24. The maximum atomic E-state index is 14.4. The summed E-state index contributed by atoms with van der Waals surface area (Å²) in [6, 6.07) is 35.4. The molecular formula is C66H81BrCl3FN6O12S3. The number of terminal acetylenes is 1. The topological polar surface area (TPSA) is 274 Å². The zero-order valence-corrected chi connectivity index (χ0v) is 58.1. The molecule has 6 aromatic rings. The number of hydrogen-bond acceptors (Lipinski definition) is 9. The molecule has 6 aromatic carbocycles. The van der Waals surface area contributed by atoms with Crippen LogP contribution in [0.4, 0.5) is 21.5 Å². The van der Waals surface area contributed by atoms with Crippen LogP contribution in [0.3, 0.4) is 0 Å². The lowest BCUT2D eigenvalue weighted by Gasteiger charge is -2.20. The predicted molar refractivity (Wildman–Crippen MR) is 344 cm³/mol. The van der Waals surface area contributed by atoms with Crippen LogP contribution < -0.4 is 66.1 Å². The highest BCUT2D eigenvalue weighted by Gasteiger charge is 2.40. The average molecular weight is 1450 g/mol. The number of sulfonamides is 3. The largest absolute Gasteiger partial charge is 1.00 e. The van der Waals surface area contributed by atoms with Gasteiger partial charge in [-0.1, -0.05) is 98.0 Å². The number of anilines is 3. The van der Waals surface area contributed by atoms with Gasteiger partial charge in [-0.05, 0) is 135 Å². The Kier molecular flexibility index (Phi) is 30.4. The van der Waals surface area contributed by atoms with Gasteiger partial charge < -0.3 is 68.5 Å². The molecular weight excluding hydrogens is 1370 g/mol. The van der Waals surface area contributed by atoms with E-state index in [1.807, 2.05) is 91.1 Å². The summed E-state index contributed by atoms with van der Waals surface area (Å²) in [5.74, 6) is -0.262. The summed E-state index contributed by atoms with van der Waals surface area (Å²) >= 11 is 3.11. The van der Waals surface area contributed by atoms with Gasteiger partial charge in [0.25, 0.3) is 30.1 Å². The number of nitrogens with two attached hydrogens (primary N) is 3. The Morgan fingerprint density at radius 1 is 0.467 bits per heavy atom. The van der Waals surface area contributed by atoms with E-state index in [2.05, 4.69) is 32.5 Å². The van der Waals surface area contributed by atoms with E-state index in [0.717, 1.165) is 104 Å². The SMILES string of the molecule is C#Cc1ccc2c(c1)S(=O)(=O)N(C)c1ccccc1C2[NH2+]CCCCCCC(=O)O.CN1c2ccccc2C([NH2+]CCCCCCC(=O)O)c2cc(F)c(Br)cc2S1(=O)=O.Cc1ccc2c(c1)S(=O)(=O)N(C)c1ccccc1C2[NH2+]CCCCCCC(=O)O.[Cl-].[Cl-].[Cl-]. The highest BCUT2D eigenvalue weighted by molar-refractivity contribution is 9.10. The molecule has 3 unspecified atom stereocenters. The first-order valence-corrected chi connectivity index (χ1v) is 35.1. The van der Waals surface area contributed by atoms with Crippen LogP contribution in [0.5, 0.6) is 0 Å². The zero-order valence-electron chi connectivity index (χ0n) is 51.8. The molecule has 0 fully saturated rings. The smallest absolute Gasteiger partial charge is 0.303 e. The maximum Gasteiger partial charge on any atom is 0.303 e. The van der Waals surface area contributed by atoms with E-state index in [4.69, 9.17) is 21.7 Å². The predicted octanol–water partition coefficient (Wildman–Crippen LogP) is -0.258. The molecule has 0 amide bonds. The number of fused-ring (bicyclic) bond motifs is 6. The highest BCUT2D eigenvalue weighted by Crippen LogP contribution is 2.42. The fourth-order valence-corrected chi connectivity index (χ4v) is 16.6. The van der Waals surface area contributed by atoms with Crippen molar-refractivity contribution in [2.24, 2.45) is 0 Å². The van der Waals surface area contributed by atoms with E-state index < -0.39 is 53.8 Å². The minimum Gasteiger partial charge on any atom is -1.00 e. The van der Waals surface area contributed by atoms with Gasteiger partial charge in [0.05, 0.1) is 55.9 Å². The first kappa shape index (κ1) is 78.1. The third kappa shape index (κ3) is 19.2. The van der Waals surface area contributed by atoms with Crippen molar-refractivity contribution >= 4 is 81.0 Å². The molecule has 0 aliphatic carbocycles. The van der Waals surface area contributed by atoms with Crippen LogP contribution in [0, 0.1) is 25.1 Å². The molecule has 9 N–H and O–H groups in total. The number of carbonyl (C=O) groups is 3. The molecule has 3 heterocycles. The molecule has 500 valence electrons. The lowest BCUT2D eigenvalue weighted by molar-refractivity contribution is -0.687. The number of carboxylic acids is 3. The third-order valence-electron chi connectivity index (χ3n) is 16.4. The molecule has 3 aliphatic rings. The fraction of sp³-hybridized carbons (Fsp3) is 0.379. The van der Waals surface area contributed by atoms with Gasteiger partial charge in [0.1, 0.15) is 23.9 Å². The van der Waals surface area contributed by atoms with E-state index in [1.165, 1.54) is 32.1 Å². The molecule has 0 saturated heterocycles.